The van der Waals surface area contributed by atoms with E-state index in [9.17, 15) is 10.1 Å². The summed E-state index contributed by atoms with van der Waals surface area (Å²) in [6.45, 7) is 2.42. The van der Waals surface area contributed by atoms with Gasteiger partial charge in [0.25, 0.3) is 0 Å². The smallest absolute Gasteiger partial charge is 0.203 e. The lowest BCUT2D eigenvalue weighted by atomic mass is 9.99. The van der Waals surface area contributed by atoms with Crippen LogP contribution in [0.2, 0.25) is 0 Å². The summed E-state index contributed by atoms with van der Waals surface area (Å²) in [4.78, 5) is 17.0. The molecule has 4 nitrogen and oxygen atoms in total. The Morgan fingerprint density at radius 2 is 1.83 bits per heavy atom. The molecule has 0 radical (unpaired) electrons. The number of allylic oxidation sites excluding steroid dienone is 1. The van der Waals surface area contributed by atoms with Gasteiger partial charge in [-0.1, -0.05) is 61.9 Å². The predicted octanol–water partition coefficient (Wildman–Crippen LogP) is 5.40. The topological polar surface area (TPSA) is 63.0 Å². The van der Waals surface area contributed by atoms with Gasteiger partial charge < -0.3 is 4.74 Å². The number of nitriles is 1. The quantitative estimate of drug-likeness (QED) is 0.297. The largest absolute Gasteiger partial charge is 0.487 e. The number of carbonyl (C=O) groups excluding carboxylic acids is 1. The Labute approximate surface area is 171 Å². The highest BCUT2D eigenvalue weighted by atomic mass is 16.5. The van der Waals surface area contributed by atoms with Crippen molar-refractivity contribution in [2.45, 2.75) is 26.4 Å². The van der Waals surface area contributed by atoms with E-state index in [1.54, 1.807) is 24.4 Å². The Morgan fingerprint density at radius 1 is 1.07 bits per heavy atom. The first-order valence-electron chi connectivity index (χ1n) is 9.58. The standard InChI is InChI=1S/C25H22N2O2/c1-2-7-19-11-13-20(14-12-19)25(28)22(17-26)16-21-8-3-4-10-24(21)29-18-23-9-5-6-15-27-23/h3-6,8-16H,2,7,18H2,1H3/b22-16+. The number of hydrogen-bond donors (Lipinski definition) is 0. The maximum absolute atomic E-state index is 12.8. The van der Waals surface area contributed by atoms with E-state index in [-0.39, 0.29) is 11.4 Å². The van der Waals surface area contributed by atoms with E-state index in [2.05, 4.69) is 11.9 Å². The summed E-state index contributed by atoms with van der Waals surface area (Å²) in [5.41, 5.74) is 3.23. The van der Waals surface area contributed by atoms with Gasteiger partial charge >= 0.3 is 0 Å². The van der Waals surface area contributed by atoms with E-state index in [0.29, 0.717) is 23.5 Å². The fourth-order valence-corrected chi connectivity index (χ4v) is 2.94. The number of carbonyl (C=O) groups is 1. The second kappa shape index (κ2) is 10.0. The lowest BCUT2D eigenvalue weighted by Gasteiger charge is -2.09. The van der Waals surface area contributed by atoms with Crippen molar-refractivity contribution in [3.05, 3.63) is 101 Å². The highest BCUT2D eigenvalue weighted by molar-refractivity contribution is 6.14. The number of Topliss-reactive ketones (excluding diaryl/α,β-unsaturated/α-hetero) is 1. The lowest BCUT2D eigenvalue weighted by molar-refractivity contribution is 0.104. The van der Waals surface area contributed by atoms with Crippen LogP contribution in [0.1, 0.15) is 40.5 Å². The first-order chi connectivity index (χ1) is 14.2. The van der Waals surface area contributed by atoms with Crippen LogP contribution in [-0.4, -0.2) is 10.8 Å². The van der Waals surface area contributed by atoms with Gasteiger partial charge in [-0.05, 0) is 36.3 Å². The van der Waals surface area contributed by atoms with Gasteiger partial charge in [-0.25, -0.2) is 0 Å². The molecule has 0 saturated heterocycles. The normalized spacial score (nSPS) is 11.0. The Kier molecular flexibility index (Phi) is 6.91. The van der Waals surface area contributed by atoms with Crippen molar-refractivity contribution in [1.29, 1.82) is 5.26 Å². The Balaban J connectivity index is 1.81. The third kappa shape index (κ3) is 5.40. The molecule has 1 aromatic heterocycles. The molecule has 0 aliphatic heterocycles. The fourth-order valence-electron chi connectivity index (χ4n) is 2.94. The van der Waals surface area contributed by atoms with Crippen LogP contribution in [0.25, 0.3) is 6.08 Å². The molecule has 3 rings (SSSR count). The van der Waals surface area contributed by atoms with Crippen LogP contribution >= 0.6 is 0 Å². The van der Waals surface area contributed by atoms with E-state index in [0.717, 1.165) is 18.5 Å². The van der Waals surface area contributed by atoms with Gasteiger partial charge in [-0.2, -0.15) is 5.26 Å². The van der Waals surface area contributed by atoms with E-state index in [1.165, 1.54) is 5.56 Å². The third-order valence-corrected chi connectivity index (χ3v) is 4.44. The maximum Gasteiger partial charge on any atom is 0.203 e. The molecular weight excluding hydrogens is 360 g/mol. The minimum Gasteiger partial charge on any atom is -0.487 e. The summed E-state index contributed by atoms with van der Waals surface area (Å²) in [5.74, 6) is 0.298. The number of pyridine rings is 1. The van der Waals surface area contributed by atoms with Gasteiger partial charge in [0.15, 0.2) is 0 Å². The molecule has 29 heavy (non-hydrogen) atoms. The Hall–Kier alpha value is -3.71. The minimum absolute atomic E-state index is 0.0714. The average Bonchev–Trinajstić information content (AvgIpc) is 2.77. The maximum atomic E-state index is 12.8. The van der Waals surface area contributed by atoms with Gasteiger partial charge in [0.1, 0.15) is 24.0 Å². The molecule has 3 aromatic rings. The molecule has 0 spiro atoms. The summed E-state index contributed by atoms with van der Waals surface area (Å²) in [5, 5.41) is 9.57. The zero-order valence-corrected chi connectivity index (χ0v) is 16.3. The molecule has 0 amide bonds. The molecule has 0 fully saturated rings. The first-order valence-corrected chi connectivity index (χ1v) is 9.58. The molecule has 2 aromatic carbocycles. The molecule has 4 heteroatoms. The zero-order valence-electron chi connectivity index (χ0n) is 16.3. The second-order valence-electron chi connectivity index (χ2n) is 6.59. The molecule has 0 bridgehead atoms. The molecule has 0 atom stereocenters. The van der Waals surface area contributed by atoms with Crippen LogP contribution in [0.5, 0.6) is 5.75 Å². The van der Waals surface area contributed by atoms with Crippen molar-refractivity contribution in [3.8, 4) is 11.8 Å². The van der Waals surface area contributed by atoms with Crippen molar-refractivity contribution >= 4 is 11.9 Å². The molecule has 0 N–H and O–H groups in total. The van der Waals surface area contributed by atoms with Crippen LogP contribution in [0.15, 0.2) is 78.5 Å². The Bertz CT molecular complexity index is 1030. The molecule has 144 valence electrons. The van der Waals surface area contributed by atoms with Crippen molar-refractivity contribution in [2.75, 3.05) is 0 Å². The SMILES string of the molecule is CCCc1ccc(C(=O)/C(C#N)=C/c2ccccc2OCc2ccccn2)cc1. The van der Waals surface area contributed by atoms with E-state index in [1.807, 2.05) is 60.7 Å². The fraction of sp³-hybridized carbons (Fsp3) is 0.160. The van der Waals surface area contributed by atoms with E-state index >= 15 is 0 Å². The average molecular weight is 382 g/mol. The van der Waals surface area contributed by atoms with Crippen LogP contribution in [-0.2, 0) is 13.0 Å². The van der Waals surface area contributed by atoms with Crippen molar-refractivity contribution in [3.63, 3.8) is 0 Å². The number of hydrogen-bond acceptors (Lipinski definition) is 4. The number of benzene rings is 2. The number of para-hydroxylation sites is 1. The van der Waals surface area contributed by atoms with E-state index in [4.69, 9.17) is 4.74 Å². The second-order valence-corrected chi connectivity index (χ2v) is 6.59. The number of ether oxygens (including phenoxy) is 1. The van der Waals surface area contributed by atoms with Crippen molar-refractivity contribution in [2.24, 2.45) is 0 Å². The Morgan fingerprint density at radius 3 is 2.52 bits per heavy atom. The first kappa shape index (κ1) is 20.0. The lowest BCUT2D eigenvalue weighted by Crippen LogP contribution is -2.03. The molecule has 1 heterocycles. The number of nitrogens with zero attached hydrogens (tertiary/aromatic N) is 2. The number of aromatic nitrogens is 1. The van der Waals surface area contributed by atoms with Crippen LogP contribution in [0.4, 0.5) is 0 Å². The highest BCUT2D eigenvalue weighted by Gasteiger charge is 2.13. The minimum atomic E-state index is -0.296. The number of aryl methyl sites for hydroxylation is 1. The van der Waals surface area contributed by atoms with Crippen molar-refractivity contribution in [1.82, 2.24) is 4.98 Å². The van der Waals surface area contributed by atoms with Gasteiger partial charge in [0.2, 0.25) is 5.78 Å². The summed E-state index contributed by atoms with van der Waals surface area (Å²) in [6.07, 6.45) is 5.31. The zero-order chi connectivity index (χ0) is 20.5. The van der Waals surface area contributed by atoms with Crippen LogP contribution < -0.4 is 4.74 Å². The van der Waals surface area contributed by atoms with Crippen LogP contribution in [0, 0.1) is 11.3 Å². The molecule has 0 aliphatic rings. The van der Waals surface area contributed by atoms with Gasteiger partial charge in [0, 0.05) is 17.3 Å². The summed E-state index contributed by atoms with van der Waals surface area (Å²) >= 11 is 0. The van der Waals surface area contributed by atoms with E-state index < -0.39 is 0 Å². The summed E-state index contributed by atoms with van der Waals surface area (Å²) in [6, 6.07) is 22.4. The third-order valence-electron chi connectivity index (χ3n) is 4.44. The van der Waals surface area contributed by atoms with Crippen LogP contribution in [0.3, 0.4) is 0 Å². The molecular formula is C25H22N2O2. The van der Waals surface area contributed by atoms with Gasteiger partial charge in [0.05, 0.1) is 5.69 Å². The van der Waals surface area contributed by atoms with Gasteiger partial charge in [-0.3, -0.25) is 9.78 Å². The molecule has 0 unspecified atom stereocenters. The molecule has 0 saturated carbocycles. The number of ketones is 1. The monoisotopic (exact) mass is 382 g/mol. The summed E-state index contributed by atoms with van der Waals surface area (Å²) < 4.78 is 5.87. The molecule has 0 aliphatic carbocycles. The highest BCUT2D eigenvalue weighted by Crippen LogP contribution is 2.23. The number of rotatable bonds is 8. The predicted molar refractivity (Wildman–Crippen MR) is 113 cm³/mol. The van der Waals surface area contributed by atoms with Crippen molar-refractivity contribution < 1.29 is 9.53 Å². The van der Waals surface area contributed by atoms with Gasteiger partial charge in [-0.15, -0.1) is 0 Å². The summed E-state index contributed by atoms with van der Waals surface area (Å²) in [7, 11) is 0.